The van der Waals surface area contributed by atoms with Gasteiger partial charge in [-0.05, 0) is 12.5 Å². The Morgan fingerprint density at radius 1 is 1.03 bits per heavy atom. The van der Waals surface area contributed by atoms with Crippen molar-refractivity contribution in [3.05, 3.63) is 78.4 Å². The molecule has 14 heteroatoms. The maximum absolute atomic E-state index is 11.5. The molecular weight excluding hydrogens is 428 g/mol. The van der Waals surface area contributed by atoms with Gasteiger partial charge in [0.15, 0.2) is 0 Å². The Hall–Kier alpha value is -4.62. The predicted molar refractivity (Wildman–Crippen MR) is 111 cm³/mol. The molecule has 0 radical (unpaired) electrons. The summed E-state index contributed by atoms with van der Waals surface area (Å²) in [5.74, 6) is -0.940. The van der Waals surface area contributed by atoms with Crippen LogP contribution in [0.15, 0.2) is 42.5 Å². The minimum atomic E-state index is -1.21. The highest BCUT2D eigenvalue weighted by atomic mass is 16.6. The number of nitrogens with zero attached hydrogens (tertiary/aromatic N) is 4. The van der Waals surface area contributed by atoms with Gasteiger partial charge < -0.3 is 10.0 Å². The molecule has 2 amide bonds. The maximum Gasteiger partial charge on any atom is 0.324 e. The van der Waals surface area contributed by atoms with Crippen molar-refractivity contribution in [1.29, 1.82) is 5.41 Å². The van der Waals surface area contributed by atoms with Gasteiger partial charge in [-0.3, -0.25) is 41.1 Å². The average molecular weight is 446 g/mol. The number of nitrogens with one attached hydrogen (secondary N) is 2. The maximum atomic E-state index is 11.5. The Morgan fingerprint density at radius 2 is 1.53 bits per heavy atom. The number of benzene rings is 2. The molecule has 168 valence electrons. The van der Waals surface area contributed by atoms with E-state index >= 15 is 0 Å². The summed E-state index contributed by atoms with van der Waals surface area (Å²) in [7, 11) is 1.72. The van der Waals surface area contributed by atoms with Gasteiger partial charge in [0, 0.05) is 13.5 Å². The first-order chi connectivity index (χ1) is 14.9. The van der Waals surface area contributed by atoms with Gasteiger partial charge in [0.2, 0.25) is 0 Å². The molecule has 2 aromatic carbocycles. The lowest BCUT2D eigenvalue weighted by Crippen LogP contribution is -2.46. The number of nitro groups is 3. The molecule has 1 saturated heterocycles. The van der Waals surface area contributed by atoms with Gasteiger partial charge in [-0.2, -0.15) is 0 Å². The molecular formula is C18H18N6O8. The first-order valence-electron chi connectivity index (χ1n) is 8.86. The number of phenols is 1. The zero-order chi connectivity index (χ0) is 24.2. The Morgan fingerprint density at radius 3 is 1.91 bits per heavy atom. The van der Waals surface area contributed by atoms with Crippen LogP contribution in [0.3, 0.4) is 0 Å². The Kier molecular flexibility index (Phi) is 6.68. The number of non-ortho nitro benzene ring substituents is 1. The number of urea groups is 1. The first kappa shape index (κ1) is 23.7. The molecule has 32 heavy (non-hydrogen) atoms. The molecule has 3 N–H and O–H groups in total. The molecule has 0 saturated carbocycles. The molecule has 1 atom stereocenters. The summed E-state index contributed by atoms with van der Waals surface area (Å²) in [4.78, 5) is 40.8. The van der Waals surface area contributed by atoms with Crippen molar-refractivity contribution in [3.8, 4) is 5.75 Å². The van der Waals surface area contributed by atoms with E-state index in [1.165, 1.54) is 0 Å². The number of amidine groups is 1. The van der Waals surface area contributed by atoms with Gasteiger partial charge in [-0.1, -0.05) is 30.3 Å². The Balaban J connectivity index is 0.000000227. The molecule has 3 rings (SSSR count). The van der Waals surface area contributed by atoms with E-state index in [0.29, 0.717) is 18.6 Å². The fourth-order valence-electron chi connectivity index (χ4n) is 2.89. The number of aromatic hydroxyl groups is 1. The van der Waals surface area contributed by atoms with Crippen LogP contribution in [0.5, 0.6) is 5.75 Å². The second kappa shape index (κ2) is 9.03. The van der Waals surface area contributed by atoms with Crippen LogP contribution in [0.1, 0.15) is 12.5 Å². The molecule has 0 aromatic heterocycles. The molecule has 0 bridgehead atoms. The van der Waals surface area contributed by atoms with Gasteiger partial charge in [-0.25, -0.2) is 4.79 Å². The van der Waals surface area contributed by atoms with Crippen LogP contribution >= 0.6 is 0 Å². The molecule has 2 aromatic rings. The lowest BCUT2D eigenvalue weighted by atomic mass is 9.91. The van der Waals surface area contributed by atoms with Crippen molar-refractivity contribution in [1.82, 2.24) is 10.2 Å². The van der Waals surface area contributed by atoms with Gasteiger partial charge in [-0.15, -0.1) is 0 Å². The summed E-state index contributed by atoms with van der Waals surface area (Å²) in [6.45, 7) is 1.90. The van der Waals surface area contributed by atoms with Gasteiger partial charge in [0.25, 0.3) is 11.4 Å². The van der Waals surface area contributed by atoms with Crippen molar-refractivity contribution in [2.45, 2.75) is 18.9 Å². The molecule has 1 heterocycles. The summed E-state index contributed by atoms with van der Waals surface area (Å²) < 4.78 is 0. The zero-order valence-corrected chi connectivity index (χ0v) is 16.8. The van der Waals surface area contributed by atoms with Crippen molar-refractivity contribution in [2.75, 3.05) is 7.05 Å². The summed E-state index contributed by atoms with van der Waals surface area (Å²) >= 11 is 0. The highest BCUT2D eigenvalue weighted by Crippen LogP contribution is 2.38. The van der Waals surface area contributed by atoms with E-state index in [0.717, 1.165) is 5.56 Å². The smallest absolute Gasteiger partial charge is 0.324 e. The normalized spacial score (nSPS) is 17.2. The lowest BCUT2D eigenvalue weighted by molar-refractivity contribution is -0.404. The molecule has 1 aliphatic heterocycles. The van der Waals surface area contributed by atoms with E-state index in [-0.39, 0.29) is 11.9 Å². The van der Waals surface area contributed by atoms with E-state index in [4.69, 9.17) is 10.5 Å². The highest BCUT2D eigenvalue weighted by molar-refractivity contribution is 6.08. The van der Waals surface area contributed by atoms with Crippen LogP contribution in [-0.4, -0.2) is 49.2 Å². The number of carbonyl (C=O) groups is 1. The fraction of sp³-hybridized carbons (Fsp3) is 0.222. The third-order valence-electron chi connectivity index (χ3n) is 4.87. The first-order valence-corrected chi connectivity index (χ1v) is 8.86. The van der Waals surface area contributed by atoms with Crippen LogP contribution in [0.2, 0.25) is 0 Å². The number of rotatable bonds is 5. The van der Waals surface area contributed by atoms with E-state index in [9.17, 15) is 35.1 Å². The van der Waals surface area contributed by atoms with Crippen molar-refractivity contribution >= 4 is 28.9 Å². The standard InChI is InChI=1S/C12H15N3O.C6H3N3O7/c1-12(8-9-6-4-3-5-7-9)10(13)14-11(16)15(12)2;10-6-4(8(13)14)1-3(7(11)12)2-5(6)9(15)16/h3-7H,8H2,1-2H3,(H2,13,14,16);1-2,10H. The minimum Gasteiger partial charge on any atom is -0.497 e. The Labute approximate surface area is 180 Å². The third-order valence-corrected chi connectivity index (χ3v) is 4.87. The minimum absolute atomic E-state index is 0.205. The van der Waals surface area contributed by atoms with E-state index in [1.54, 1.807) is 11.9 Å². The number of likely N-dealkylation sites (N-methyl/N-ethyl adjacent to an activating group) is 1. The molecule has 0 spiro atoms. The van der Waals surface area contributed by atoms with Crippen molar-refractivity contribution < 1.29 is 24.7 Å². The monoisotopic (exact) mass is 446 g/mol. The predicted octanol–water partition coefficient (Wildman–Crippen LogP) is 2.74. The van der Waals surface area contributed by atoms with Gasteiger partial charge >= 0.3 is 17.4 Å². The van der Waals surface area contributed by atoms with Crippen LogP contribution in [0.25, 0.3) is 0 Å². The second-order valence-corrected chi connectivity index (χ2v) is 6.90. The number of carbonyl (C=O) groups excluding carboxylic acids is 1. The Bertz CT molecular complexity index is 1070. The number of amides is 2. The fourth-order valence-corrected chi connectivity index (χ4v) is 2.89. The summed E-state index contributed by atoms with van der Waals surface area (Å²) in [6.07, 6.45) is 0.655. The van der Waals surface area contributed by atoms with Gasteiger partial charge in [0.1, 0.15) is 11.4 Å². The molecule has 0 aliphatic carbocycles. The third kappa shape index (κ3) is 4.75. The topological polar surface area (TPSA) is 206 Å². The van der Waals surface area contributed by atoms with Gasteiger partial charge in [0.05, 0.1) is 26.9 Å². The van der Waals surface area contributed by atoms with Crippen molar-refractivity contribution in [3.63, 3.8) is 0 Å². The highest BCUT2D eigenvalue weighted by Gasteiger charge is 2.44. The summed E-state index contributed by atoms with van der Waals surface area (Å²) in [5.41, 5.74) is -2.44. The van der Waals surface area contributed by atoms with Crippen LogP contribution < -0.4 is 5.32 Å². The molecule has 1 aliphatic rings. The van der Waals surface area contributed by atoms with Crippen LogP contribution in [0, 0.1) is 35.8 Å². The zero-order valence-electron chi connectivity index (χ0n) is 16.8. The summed E-state index contributed by atoms with van der Waals surface area (Å²) in [6, 6.07) is 10.6. The number of nitro benzene ring substituents is 3. The summed E-state index contributed by atoms with van der Waals surface area (Å²) in [5, 5.41) is 50.6. The lowest BCUT2D eigenvalue weighted by Gasteiger charge is -2.30. The molecule has 14 nitrogen and oxygen atoms in total. The largest absolute Gasteiger partial charge is 0.497 e. The number of hydrogen-bond donors (Lipinski definition) is 3. The van der Waals surface area contributed by atoms with E-state index in [1.807, 2.05) is 37.3 Å². The quantitative estimate of drug-likeness (QED) is 0.458. The van der Waals surface area contributed by atoms with Crippen LogP contribution in [0.4, 0.5) is 21.9 Å². The number of hydrogen-bond acceptors (Lipinski definition) is 9. The van der Waals surface area contributed by atoms with Crippen molar-refractivity contribution in [2.24, 2.45) is 0 Å². The number of phenolic OH excluding ortho intramolecular Hbond substituents is 1. The molecule has 1 fully saturated rings. The van der Waals surface area contributed by atoms with E-state index < -0.39 is 43.1 Å². The van der Waals surface area contributed by atoms with E-state index in [2.05, 4.69) is 5.32 Å². The average Bonchev–Trinajstić information content (AvgIpc) is 2.91. The van der Waals surface area contributed by atoms with Crippen LogP contribution in [-0.2, 0) is 6.42 Å². The second-order valence-electron chi connectivity index (χ2n) is 6.90. The SMILES string of the molecule is CN1C(=O)NC(=N)C1(C)Cc1ccccc1.O=[N+]([O-])c1cc([N+](=O)[O-])c(O)c([N+](=O)[O-])c1. The molecule has 1 unspecified atom stereocenters.